The molecule has 5 heteroatoms. The largest absolute Gasteiger partial charge is 0.497 e. The van der Waals surface area contributed by atoms with Gasteiger partial charge in [-0.3, -0.25) is 4.79 Å². The lowest BCUT2D eigenvalue weighted by Crippen LogP contribution is -2.20. The molecule has 2 aromatic carbocycles. The van der Waals surface area contributed by atoms with Gasteiger partial charge in [0.25, 0.3) is 5.91 Å². The molecule has 134 valence electrons. The molecule has 1 heterocycles. The fraction of sp³-hybridized carbons (Fsp3) is 0.238. The number of nitrogens with one attached hydrogen (secondary N) is 1. The number of benzene rings is 2. The summed E-state index contributed by atoms with van der Waals surface area (Å²) >= 11 is 0. The molecule has 1 amide bonds. The van der Waals surface area contributed by atoms with Crippen LogP contribution in [-0.2, 0) is 5.41 Å². The van der Waals surface area contributed by atoms with Gasteiger partial charge in [0.05, 0.1) is 12.7 Å². The van der Waals surface area contributed by atoms with E-state index < -0.39 is 5.63 Å². The fourth-order valence-electron chi connectivity index (χ4n) is 2.89. The maximum atomic E-state index is 12.9. The van der Waals surface area contributed by atoms with Gasteiger partial charge in [0.1, 0.15) is 11.3 Å². The number of para-hydroxylation sites is 1. The van der Waals surface area contributed by atoms with Crippen LogP contribution in [0.1, 0.15) is 36.7 Å². The molecule has 5 nitrogen and oxygen atoms in total. The Morgan fingerprint density at radius 2 is 1.81 bits per heavy atom. The summed E-state index contributed by atoms with van der Waals surface area (Å²) < 4.78 is 10.4. The van der Waals surface area contributed by atoms with Gasteiger partial charge in [-0.25, -0.2) is 4.79 Å². The highest BCUT2D eigenvalue weighted by Crippen LogP contribution is 2.30. The van der Waals surface area contributed by atoms with Crippen molar-refractivity contribution >= 4 is 22.6 Å². The van der Waals surface area contributed by atoms with Crippen LogP contribution in [-0.4, -0.2) is 13.0 Å². The lowest BCUT2D eigenvalue weighted by molar-refractivity contribution is 0.102. The average Bonchev–Trinajstić information content (AvgIpc) is 2.59. The highest BCUT2D eigenvalue weighted by Gasteiger charge is 2.20. The minimum absolute atomic E-state index is 0.130. The third-order valence-corrected chi connectivity index (χ3v) is 4.18. The van der Waals surface area contributed by atoms with Crippen LogP contribution in [0.25, 0.3) is 11.0 Å². The van der Waals surface area contributed by atoms with E-state index in [9.17, 15) is 9.59 Å². The molecule has 0 aliphatic carbocycles. The molecule has 0 radical (unpaired) electrons. The van der Waals surface area contributed by atoms with Gasteiger partial charge in [-0.2, -0.15) is 0 Å². The molecule has 0 atom stereocenters. The third kappa shape index (κ3) is 3.47. The topological polar surface area (TPSA) is 68.5 Å². The zero-order valence-corrected chi connectivity index (χ0v) is 15.3. The van der Waals surface area contributed by atoms with Crippen molar-refractivity contribution in [2.24, 2.45) is 0 Å². The molecule has 0 saturated heterocycles. The Morgan fingerprint density at radius 3 is 2.50 bits per heavy atom. The Balaban J connectivity index is 2.06. The molecule has 3 aromatic rings. The molecule has 0 spiro atoms. The van der Waals surface area contributed by atoms with Gasteiger partial charge in [-0.1, -0.05) is 39.0 Å². The van der Waals surface area contributed by atoms with E-state index >= 15 is 0 Å². The number of rotatable bonds is 3. The summed E-state index contributed by atoms with van der Waals surface area (Å²) in [4.78, 5) is 24.8. The number of anilines is 1. The first kappa shape index (κ1) is 17.7. The highest BCUT2D eigenvalue weighted by molar-refractivity contribution is 6.12. The smallest absolute Gasteiger partial charge is 0.337 e. The normalized spacial score (nSPS) is 11.4. The van der Waals surface area contributed by atoms with Crippen LogP contribution in [0, 0.1) is 0 Å². The van der Waals surface area contributed by atoms with Crippen LogP contribution < -0.4 is 15.7 Å². The van der Waals surface area contributed by atoms with E-state index in [4.69, 9.17) is 9.15 Å². The Kier molecular flexibility index (Phi) is 4.55. The Hall–Kier alpha value is -3.08. The average molecular weight is 351 g/mol. The van der Waals surface area contributed by atoms with Crippen LogP contribution in [0.15, 0.2) is 57.7 Å². The summed E-state index contributed by atoms with van der Waals surface area (Å²) in [5, 5.41) is 3.48. The number of fused-ring (bicyclic) bond motifs is 1. The molecule has 26 heavy (non-hydrogen) atoms. The molecule has 0 bridgehead atoms. The Bertz CT molecular complexity index is 1030. The van der Waals surface area contributed by atoms with Gasteiger partial charge in [0, 0.05) is 23.2 Å². The minimum Gasteiger partial charge on any atom is -0.497 e. The second-order valence-electron chi connectivity index (χ2n) is 7.09. The number of hydrogen-bond acceptors (Lipinski definition) is 4. The van der Waals surface area contributed by atoms with Crippen molar-refractivity contribution in [1.29, 1.82) is 0 Å². The van der Waals surface area contributed by atoms with E-state index in [1.165, 1.54) is 13.2 Å². The molecule has 0 saturated carbocycles. The van der Waals surface area contributed by atoms with Crippen molar-refractivity contribution < 1.29 is 13.9 Å². The molecule has 3 rings (SSSR count). The van der Waals surface area contributed by atoms with Crippen molar-refractivity contribution in [3.05, 3.63) is 70.1 Å². The van der Waals surface area contributed by atoms with E-state index in [0.717, 1.165) is 11.3 Å². The Labute approximate surface area is 151 Å². The molecule has 0 aliphatic heterocycles. The number of methoxy groups -OCH3 is 1. The monoisotopic (exact) mass is 351 g/mol. The molecule has 1 aromatic heterocycles. The predicted molar refractivity (Wildman–Crippen MR) is 102 cm³/mol. The van der Waals surface area contributed by atoms with Crippen molar-refractivity contribution in [3.8, 4) is 5.75 Å². The van der Waals surface area contributed by atoms with Crippen molar-refractivity contribution in [2.45, 2.75) is 26.2 Å². The van der Waals surface area contributed by atoms with Crippen molar-refractivity contribution in [3.63, 3.8) is 0 Å². The van der Waals surface area contributed by atoms with Crippen molar-refractivity contribution in [1.82, 2.24) is 0 Å². The maximum absolute atomic E-state index is 12.9. The van der Waals surface area contributed by atoms with Crippen LogP contribution in [0.4, 0.5) is 5.69 Å². The minimum atomic E-state index is -0.583. The number of hydrogen-bond donors (Lipinski definition) is 1. The zero-order valence-electron chi connectivity index (χ0n) is 15.3. The summed E-state index contributed by atoms with van der Waals surface area (Å²) in [6, 6.07) is 13.9. The van der Waals surface area contributed by atoms with Gasteiger partial charge in [0.15, 0.2) is 0 Å². The first-order valence-electron chi connectivity index (χ1n) is 8.32. The molecular formula is C21H21NO4. The SMILES string of the molecule is COc1ccc2c(C(=O)Nc3ccccc3C(C)(C)C)cc(=O)oc2c1. The predicted octanol–water partition coefficient (Wildman–Crippen LogP) is 4.35. The third-order valence-electron chi connectivity index (χ3n) is 4.18. The van der Waals surface area contributed by atoms with Crippen LogP contribution in [0.3, 0.4) is 0 Å². The van der Waals surface area contributed by atoms with Crippen LogP contribution in [0.2, 0.25) is 0 Å². The first-order valence-corrected chi connectivity index (χ1v) is 8.32. The first-order chi connectivity index (χ1) is 12.3. The van der Waals surface area contributed by atoms with E-state index in [-0.39, 0.29) is 16.9 Å². The van der Waals surface area contributed by atoms with E-state index in [1.807, 2.05) is 24.3 Å². The number of carbonyl (C=O) groups excluding carboxylic acids is 1. The molecular weight excluding hydrogens is 330 g/mol. The van der Waals surface area contributed by atoms with Gasteiger partial charge >= 0.3 is 5.63 Å². The summed E-state index contributed by atoms with van der Waals surface area (Å²) in [5.74, 6) is 0.195. The van der Waals surface area contributed by atoms with Crippen LogP contribution in [0.5, 0.6) is 5.75 Å². The lowest BCUT2D eigenvalue weighted by Gasteiger charge is -2.23. The number of amides is 1. The standard InChI is InChI=1S/C21H21NO4/c1-21(2,3)16-7-5-6-8-17(16)22-20(24)15-12-19(23)26-18-11-13(25-4)9-10-14(15)18/h5-12H,1-4H3,(H,22,24). The molecule has 0 fully saturated rings. The second-order valence-corrected chi connectivity index (χ2v) is 7.09. The van der Waals surface area contributed by atoms with E-state index in [2.05, 4.69) is 26.1 Å². The Morgan fingerprint density at radius 1 is 1.08 bits per heavy atom. The van der Waals surface area contributed by atoms with Gasteiger partial charge < -0.3 is 14.5 Å². The molecule has 0 unspecified atom stereocenters. The summed E-state index contributed by atoms with van der Waals surface area (Å²) in [6.07, 6.45) is 0. The van der Waals surface area contributed by atoms with E-state index in [1.54, 1.807) is 18.2 Å². The van der Waals surface area contributed by atoms with Gasteiger partial charge in [0.2, 0.25) is 0 Å². The molecule has 0 aliphatic rings. The number of ether oxygens (including phenoxy) is 1. The van der Waals surface area contributed by atoms with Crippen molar-refractivity contribution in [2.75, 3.05) is 12.4 Å². The summed E-state index contributed by atoms with van der Waals surface area (Å²) in [7, 11) is 1.53. The fourth-order valence-corrected chi connectivity index (χ4v) is 2.89. The second kappa shape index (κ2) is 6.67. The number of carbonyl (C=O) groups is 1. The maximum Gasteiger partial charge on any atom is 0.337 e. The summed E-state index contributed by atoms with van der Waals surface area (Å²) in [5.41, 5.74) is 1.60. The van der Waals surface area contributed by atoms with Gasteiger partial charge in [-0.05, 0) is 29.2 Å². The highest BCUT2D eigenvalue weighted by atomic mass is 16.5. The van der Waals surface area contributed by atoms with E-state index in [0.29, 0.717) is 16.7 Å². The van der Waals surface area contributed by atoms with Gasteiger partial charge in [-0.15, -0.1) is 0 Å². The summed E-state index contributed by atoms with van der Waals surface area (Å²) in [6.45, 7) is 6.24. The lowest BCUT2D eigenvalue weighted by atomic mass is 9.86. The zero-order chi connectivity index (χ0) is 18.9. The quantitative estimate of drug-likeness (QED) is 0.712. The van der Waals surface area contributed by atoms with Crippen LogP contribution >= 0.6 is 0 Å². The molecule has 1 N–H and O–H groups in total.